The lowest BCUT2D eigenvalue weighted by atomic mass is 9.71. The normalized spacial score (nSPS) is 30.8. The van der Waals surface area contributed by atoms with E-state index in [2.05, 4.69) is 9.88 Å². The molecule has 0 unspecified atom stereocenters. The average molecular weight is 406 g/mol. The van der Waals surface area contributed by atoms with Gasteiger partial charge in [-0.25, -0.2) is 4.98 Å². The summed E-state index contributed by atoms with van der Waals surface area (Å²) in [5, 5.41) is 1.01. The molecule has 30 heavy (non-hydrogen) atoms. The van der Waals surface area contributed by atoms with Gasteiger partial charge in [0, 0.05) is 50.8 Å². The van der Waals surface area contributed by atoms with Gasteiger partial charge in [0.1, 0.15) is 17.4 Å². The van der Waals surface area contributed by atoms with Crippen LogP contribution in [-0.2, 0) is 9.59 Å². The Morgan fingerprint density at radius 1 is 1.13 bits per heavy atom. The number of furan rings is 1. The van der Waals surface area contributed by atoms with Crippen LogP contribution in [-0.4, -0.2) is 64.9 Å². The van der Waals surface area contributed by atoms with Crippen molar-refractivity contribution >= 4 is 28.6 Å². The van der Waals surface area contributed by atoms with Crippen LogP contribution in [0.25, 0.3) is 11.0 Å². The van der Waals surface area contributed by atoms with Crippen LogP contribution in [0.2, 0.25) is 0 Å². The van der Waals surface area contributed by atoms with Crippen LogP contribution in [0.4, 0.5) is 5.82 Å². The number of anilines is 1. The molecule has 0 aliphatic carbocycles. The quantitative estimate of drug-likeness (QED) is 0.717. The Morgan fingerprint density at radius 3 is 2.83 bits per heavy atom. The zero-order valence-corrected chi connectivity index (χ0v) is 16.9. The molecule has 0 N–H and O–H groups in total. The number of carbonyl (C=O) groups is 2. The van der Waals surface area contributed by atoms with Gasteiger partial charge in [0.15, 0.2) is 0 Å². The zero-order chi connectivity index (χ0) is 20.2. The number of carbonyl (C=O) groups excluding carboxylic acids is 2. The molecule has 6 rings (SSSR count). The molecule has 2 aromatic rings. The number of amides is 2. The van der Waals surface area contributed by atoms with Crippen LogP contribution in [0.3, 0.4) is 0 Å². The van der Waals surface area contributed by atoms with Gasteiger partial charge >= 0.3 is 0 Å². The summed E-state index contributed by atoms with van der Waals surface area (Å²) in [7, 11) is 0. The Hall–Kier alpha value is -2.83. The van der Waals surface area contributed by atoms with Crippen molar-refractivity contribution in [1.82, 2.24) is 14.8 Å². The Labute approximate surface area is 175 Å². The second-order valence-corrected chi connectivity index (χ2v) is 9.05. The predicted octanol–water partition coefficient (Wildman–Crippen LogP) is 2.43. The molecule has 2 aromatic heterocycles. The number of piperidine rings is 3. The molecule has 2 bridgehead atoms. The summed E-state index contributed by atoms with van der Waals surface area (Å²) in [5.74, 6) is 1.70. The molecule has 0 radical (unpaired) electrons. The maximum Gasteiger partial charge on any atom is 0.246 e. The number of aromatic nitrogens is 1. The molecular weight excluding hydrogens is 380 g/mol. The van der Waals surface area contributed by atoms with Gasteiger partial charge in [-0.15, -0.1) is 0 Å². The molecule has 0 aromatic carbocycles. The van der Waals surface area contributed by atoms with Crippen LogP contribution >= 0.6 is 0 Å². The van der Waals surface area contributed by atoms with Crippen molar-refractivity contribution in [2.45, 2.75) is 37.8 Å². The summed E-state index contributed by atoms with van der Waals surface area (Å²) >= 11 is 0. The van der Waals surface area contributed by atoms with Crippen molar-refractivity contribution in [2.75, 3.05) is 31.1 Å². The molecule has 7 nitrogen and oxygen atoms in total. The maximum atomic E-state index is 13.6. The van der Waals surface area contributed by atoms with Crippen molar-refractivity contribution in [3.8, 4) is 0 Å². The molecule has 4 aliphatic rings. The fourth-order valence-corrected chi connectivity index (χ4v) is 6.12. The molecule has 156 valence electrons. The monoisotopic (exact) mass is 406 g/mol. The van der Waals surface area contributed by atoms with Crippen molar-refractivity contribution < 1.29 is 14.0 Å². The van der Waals surface area contributed by atoms with E-state index in [1.807, 2.05) is 34.1 Å². The van der Waals surface area contributed by atoms with E-state index in [1.54, 1.807) is 12.5 Å². The summed E-state index contributed by atoms with van der Waals surface area (Å²) in [5.41, 5.74) is 0.834. The van der Waals surface area contributed by atoms with E-state index in [0.717, 1.165) is 49.1 Å². The first-order chi connectivity index (χ1) is 14.7. The average Bonchev–Trinajstić information content (AvgIpc) is 3.46. The SMILES string of the molecule is O=C([C@H]1[C@H]2C[C@H](CN(c3nccc4occc34)C2)[C@@H]2CCCC(=O)N21)N1CC=CC1. The molecular formula is C23H26N4O3. The lowest BCUT2D eigenvalue weighted by Crippen LogP contribution is -2.68. The van der Waals surface area contributed by atoms with Gasteiger partial charge in [-0.1, -0.05) is 12.2 Å². The Balaban J connectivity index is 1.37. The first-order valence-electron chi connectivity index (χ1n) is 11.0. The van der Waals surface area contributed by atoms with E-state index in [0.29, 0.717) is 25.4 Å². The zero-order valence-electron chi connectivity index (χ0n) is 16.9. The summed E-state index contributed by atoms with van der Waals surface area (Å²) in [6, 6.07) is 3.65. The Kier molecular flexibility index (Phi) is 4.11. The molecule has 4 atom stereocenters. The fraction of sp³-hybridized carbons (Fsp3) is 0.522. The third-order valence-corrected chi connectivity index (χ3v) is 7.38. The topological polar surface area (TPSA) is 69.9 Å². The summed E-state index contributed by atoms with van der Waals surface area (Å²) in [6.07, 6.45) is 11.0. The van der Waals surface area contributed by atoms with Crippen LogP contribution in [0.5, 0.6) is 0 Å². The molecule has 3 fully saturated rings. The van der Waals surface area contributed by atoms with Crippen LogP contribution in [0.15, 0.2) is 41.2 Å². The van der Waals surface area contributed by atoms with Crippen molar-refractivity contribution in [3.05, 3.63) is 36.7 Å². The predicted molar refractivity (Wildman–Crippen MR) is 112 cm³/mol. The number of nitrogens with zero attached hydrogens (tertiary/aromatic N) is 4. The molecule has 3 saturated heterocycles. The lowest BCUT2D eigenvalue weighted by Gasteiger charge is -2.56. The van der Waals surface area contributed by atoms with Crippen LogP contribution in [0.1, 0.15) is 25.7 Å². The largest absolute Gasteiger partial charge is 0.464 e. The lowest BCUT2D eigenvalue weighted by molar-refractivity contribution is -0.160. The highest BCUT2D eigenvalue weighted by Gasteiger charge is 2.53. The molecule has 6 heterocycles. The van der Waals surface area contributed by atoms with Gasteiger partial charge in [-0.2, -0.15) is 0 Å². The number of hydrogen-bond donors (Lipinski definition) is 0. The van der Waals surface area contributed by atoms with Crippen molar-refractivity contribution in [2.24, 2.45) is 11.8 Å². The van der Waals surface area contributed by atoms with Crippen LogP contribution < -0.4 is 4.90 Å². The maximum absolute atomic E-state index is 13.6. The molecule has 2 amide bonds. The first kappa shape index (κ1) is 18.0. The number of fused-ring (bicyclic) bond motifs is 5. The smallest absolute Gasteiger partial charge is 0.246 e. The van der Waals surface area contributed by atoms with Gasteiger partial charge in [0.05, 0.1) is 11.6 Å². The highest BCUT2D eigenvalue weighted by atomic mass is 16.3. The first-order valence-corrected chi connectivity index (χ1v) is 11.0. The minimum Gasteiger partial charge on any atom is -0.464 e. The second kappa shape index (κ2) is 6.86. The summed E-state index contributed by atoms with van der Waals surface area (Å²) in [6.45, 7) is 2.91. The van der Waals surface area contributed by atoms with Gasteiger partial charge in [0.2, 0.25) is 11.8 Å². The van der Waals surface area contributed by atoms with E-state index in [9.17, 15) is 9.59 Å². The number of pyridine rings is 1. The van der Waals surface area contributed by atoms with Crippen molar-refractivity contribution in [3.63, 3.8) is 0 Å². The van der Waals surface area contributed by atoms with Gasteiger partial charge in [0.25, 0.3) is 0 Å². The molecule has 4 aliphatic heterocycles. The van der Waals surface area contributed by atoms with E-state index in [4.69, 9.17) is 4.42 Å². The van der Waals surface area contributed by atoms with Crippen molar-refractivity contribution in [1.29, 1.82) is 0 Å². The highest BCUT2D eigenvalue weighted by Crippen LogP contribution is 2.43. The molecule has 0 saturated carbocycles. The van der Waals surface area contributed by atoms with Gasteiger partial charge in [-0.3, -0.25) is 9.59 Å². The standard InChI is InChI=1S/C23H26N4O3/c28-20-5-3-4-18-15-12-16(21(27(18)20)23(29)25-9-1-2-10-25)14-26(13-15)22-17-7-11-30-19(17)6-8-24-22/h1-2,6-8,11,15-16,18,21H,3-5,9-10,12-14H2/t15-,16+,18+,21-/m1/s1. The minimum atomic E-state index is -0.356. The molecule has 7 heteroatoms. The van der Waals surface area contributed by atoms with Gasteiger partial charge in [-0.05, 0) is 37.3 Å². The van der Waals surface area contributed by atoms with Gasteiger partial charge < -0.3 is 19.1 Å². The van der Waals surface area contributed by atoms with E-state index < -0.39 is 0 Å². The number of rotatable bonds is 2. The minimum absolute atomic E-state index is 0.111. The third-order valence-electron chi connectivity index (χ3n) is 7.38. The van der Waals surface area contributed by atoms with E-state index in [-0.39, 0.29) is 29.8 Å². The summed E-state index contributed by atoms with van der Waals surface area (Å²) < 4.78 is 5.58. The Bertz CT molecular complexity index is 1020. The molecule has 0 spiro atoms. The van der Waals surface area contributed by atoms with Crippen LogP contribution in [0, 0.1) is 11.8 Å². The second-order valence-electron chi connectivity index (χ2n) is 9.05. The highest BCUT2D eigenvalue weighted by molar-refractivity contribution is 5.90. The summed E-state index contributed by atoms with van der Waals surface area (Å²) in [4.78, 5) is 37.4. The fourth-order valence-electron chi connectivity index (χ4n) is 6.12. The number of hydrogen-bond acceptors (Lipinski definition) is 5. The Morgan fingerprint density at radius 2 is 1.97 bits per heavy atom. The van der Waals surface area contributed by atoms with E-state index in [1.165, 1.54) is 0 Å². The third kappa shape index (κ3) is 2.67. The van der Waals surface area contributed by atoms with E-state index >= 15 is 0 Å².